The van der Waals surface area contributed by atoms with Gasteiger partial charge in [-0.2, -0.15) is 52.7 Å². The first kappa shape index (κ1) is 96.1. The van der Waals surface area contributed by atoms with Gasteiger partial charge in [-0.15, -0.1) is 24.0 Å². The fourth-order valence-electron chi connectivity index (χ4n) is 14.5. The monoisotopic (exact) mass is 1840 g/mol. The van der Waals surface area contributed by atoms with Crippen LogP contribution in [0.3, 0.4) is 0 Å². The highest BCUT2D eigenvalue weighted by Crippen LogP contribution is 2.39. The smallest absolute Gasteiger partial charge is 0.390 e. The second-order valence-electron chi connectivity index (χ2n) is 31.1. The zero-order valence-electron chi connectivity index (χ0n) is 67.6. The second-order valence-corrected chi connectivity index (χ2v) is 31.1. The van der Waals surface area contributed by atoms with E-state index >= 15 is 0 Å². The Bertz CT molecular complexity index is 4970. The number of piperazine rings is 4. The molecule has 8 aromatic heterocycles. The van der Waals surface area contributed by atoms with Gasteiger partial charge in [0.2, 0.25) is 23.1 Å². The van der Waals surface area contributed by atoms with Crippen molar-refractivity contribution in [2.75, 3.05) is 108 Å². The quantitative estimate of drug-likeness (QED) is 0.0183. The molecule has 12 rings (SSSR count). The van der Waals surface area contributed by atoms with Crippen LogP contribution in [0.4, 0.5) is 104 Å². The summed E-state index contributed by atoms with van der Waals surface area (Å²) in [6, 6.07) is 20.6. The molecular formula is C82H118F13IN20O5. The molecule has 0 aliphatic carbocycles. The van der Waals surface area contributed by atoms with Crippen LogP contribution in [-0.4, -0.2) is 182 Å². The highest BCUT2D eigenvalue weighted by Gasteiger charge is 2.43. The lowest BCUT2D eigenvalue weighted by atomic mass is 9.97. The first-order valence-corrected chi connectivity index (χ1v) is 38.7. The molecule has 8 aromatic rings. The van der Waals surface area contributed by atoms with E-state index in [0.29, 0.717) is 87.6 Å². The van der Waals surface area contributed by atoms with Crippen molar-refractivity contribution in [3.8, 4) is 0 Å². The van der Waals surface area contributed by atoms with Gasteiger partial charge in [0.1, 0.15) is 75.1 Å². The number of hydrogen-bond acceptors (Lipinski definition) is 25. The molecule has 121 heavy (non-hydrogen) atoms. The molecule has 0 bridgehead atoms. The number of rotatable bonds is 21. The number of nitrogen functional groups attached to an aromatic ring is 4. The number of nitrogens with one attached hydrogen (secondary N) is 4. The predicted molar refractivity (Wildman–Crippen MR) is 467 cm³/mol. The highest BCUT2D eigenvalue weighted by molar-refractivity contribution is 14.0. The fourth-order valence-corrected chi connectivity index (χ4v) is 14.5. The molecule has 0 saturated carbocycles. The van der Waals surface area contributed by atoms with Crippen molar-refractivity contribution in [1.82, 2.24) is 61.1 Å². The lowest BCUT2D eigenvalue weighted by molar-refractivity contribution is -0.140. The van der Waals surface area contributed by atoms with Gasteiger partial charge in [-0.1, -0.05) is 41.2 Å². The Hall–Kier alpha value is -10.4. The minimum atomic E-state index is -4.87. The van der Waals surface area contributed by atoms with Crippen LogP contribution >= 0.6 is 24.0 Å². The van der Waals surface area contributed by atoms with Crippen molar-refractivity contribution in [1.29, 1.82) is 0 Å². The molecule has 0 aromatic carbocycles. The largest absolute Gasteiger partial charge is 0.418 e. The lowest BCUT2D eigenvalue weighted by Crippen LogP contribution is -2.57. The summed E-state index contributed by atoms with van der Waals surface area (Å²) in [7, 11) is 0. The number of hydrogen-bond donors (Lipinski definition) is 9. The number of carbonyl (C=O) groups is 4. The van der Waals surface area contributed by atoms with Gasteiger partial charge in [0.05, 0.1) is 51.0 Å². The SMILES string of the molecule is C=C(F)c1ccc(N2CCNC(CC(C)(C)O)C2)nc1C(=O)c1cccnc1N.CC(C)C[C@H]1CN(c2ccc(C(F)(F)F)c(C(=O)c3cccnc3N)n2)C[C@@H](C)N1.CC[C@H]1CN(c2ccc(C(F)(F)F)c(C(=O)c3cccnc3N)n2)C[C@H](CC(C)C)N1.I.Nc1ncccc1C(=O)c1nc(N2CCNC(CC(F)(F)F)C2)ccc1C(F)(F)F.[HH].[HH].[HH].[HH].[HH].[HH].[HH].[HH].[HH].[HH]. The molecular weight excluding hydrogens is 1720 g/mol. The number of anilines is 8. The summed E-state index contributed by atoms with van der Waals surface area (Å²) in [6.07, 6.45) is -11.0. The summed E-state index contributed by atoms with van der Waals surface area (Å²) < 4.78 is 174. The topological polar surface area (TPSA) is 357 Å². The average molecular weight is 1840 g/mol. The van der Waals surface area contributed by atoms with E-state index in [4.69, 9.17) is 22.9 Å². The molecule has 4 saturated heterocycles. The third-order valence-corrected chi connectivity index (χ3v) is 19.8. The number of nitrogens with zero attached hydrogens (tertiary/aromatic N) is 12. The molecule has 0 amide bonds. The summed E-state index contributed by atoms with van der Waals surface area (Å²) in [6.45, 7) is 24.1. The Balaban J connectivity index is -0.00000162. The molecule has 4 aliphatic heterocycles. The maximum atomic E-state index is 14.0. The van der Waals surface area contributed by atoms with Gasteiger partial charge in [0.25, 0.3) is 0 Å². The molecule has 13 N–H and O–H groups in total. The highest BCUT2D eigenvalue weighted by atomic mass is 127. The predicted octanol–water partition coefficient (Wildman–Crippen LogP) is 15.7. The molecule has 25 nitrogen and oxygen atoms in total. The zero-order chi connectivity index (χ0) is 88.1. The number of aromatic nitrogens is 8. The van der Waals surface area contributed by atoms with E-state index in [2.05, 4.69) is 102 Å². The maximum Gasteiger partial charge on any atom is 0.418 e. The van der Waals surface area contributed by atoms with Crippen molar-refractivity contribution in [3.63, 3.8) is 0 Å². The van der Waals surface area contributed by atoms with Gasteiger partial charge in [-0.3, -0.25) is 19.2 Å². The number of halogens is 14. The Morgan fingerprint density at radius 2 is 0.777 bits per heavy atom. The van der Waals surface area contributed by atoms with Gasteiger partial charge in [0.15, 0.2) is 0 Å². The number of alkyl halides is 12. The first-order valence-electron chi connectivity index (χ1n) is 38.7. The lowest BCUT2D eigenvalue weighted by Gasteiger charge is -2.40. The number of carbonyl (C=O) groups excluding carboxylic acids is 4. The average Bonchev–Trinajstić information content (AvgIpc) is 0.797. The molecule has 674 valence electrons. The van der Waals surface area contributed by atoms with Crippen LogP contribution in [0.15, 0.2) is 128 Å². The summed E-state index contributed by atoms with van der Waals surface area (Å²) in [5.41, 5.74) is 16.2. The maximum absolute atomic E-state index is 14.0. The van der Waals surface area contributed by atoms with Crippen LogP contribution in [-0.2, 0) is 18.5 Å². The minimum Gasteiger partial charge on any atom is -0.390 e. The van der Waals surface area contributed by atoms with Crippen molar-refractivity contribution < 1.29 is 95.6 Å². The third-order valence-electron chi connectivity index (χ3n) is 19.8. The summed E-state index contributed by atoms with van der Waals surface area (Å²) >= 11 is 0. The van der Waals surface area contributed by atoms with Gasteiger partial charge in [-0.25, -0.2) is 44.3 Å². The Kier molecular flexibility index (Phi) is 32.6. The van der Waals surface area contributed by atoms with E-state index in [1.807, 2.05) is 21.6 Å². The van der Waals surface area contributed by atoms with Crippen LogP contribution in [0.5, 0.6) is 0 Å². The molecule has 39 heteroatoms. The normalized spacial score (nSPS) is 18.5. The van der Waals surface area contributed by atoms with E-state index in [0.717, 1.165) is 37.5 Å². The van der Waals surface area contributed by atoms with E-state index in [1.165, 1.54) is 90.4 Å². The van der Waals surface area contributed by atoms with E-state index < -0.39 is 106 Å². The van der Waals surface area contributed by atoms with Gasteiger partial charge < -0.3 is 68.9 Å². The first-order chi connectivity index (χ1) is 56.3. The van der Waals surface area contributed by atoms with Crippen LogP contribution in [0, 0.1) is 11.8 Å². The Morgan fingerprint density at radius 3 is 1.11 bits per heavy atom. The van der Waals surface area contributed by atoms with Crippen LogP contribution in [0.1, 0.15) is 188 Å². The molecule has 6 atom stereocenters. The zero-order valence-corrected chi connectivity index (χ0v) is 69.9. The van der Waals surface area contributed by atoms with E-state index in [1.54, 1.807) is 26.0 Å². The van der Waals surface area contributed by atoms with Gasteiger partial charge in [0, 0.05) is 146 Å². The number of pyridine rings is 8. The van der Waals surface area contributed by atoms with Crippen molar-refractivity contribution in [2.45, 2.75) is 154 Å². The van der Waals surface area contributed by atoms with E-state index in [-0.39, 0.29) is 151 Å². The van der Waals surface area contributed by atoms with Gasteiger partial charge in [-0.05, 0) is 155 Å². The standard InChI is InChI=1S/C22H28F3N5O.C21H26F3N5O.C21H26FN5O2.C18H17F6N5O.HI.10H2/c1-4-14-11-30(12-15(28-14)10-13(2)3)18-8-7-17(22(23,24)25)19(29-18)20(31)16-6-5-9-27-21(16)26;1-12(2)9-14-11-29(10-13(3)27-14)17-7-6-16(21(22,23)24)18(28-17)19(30)15-5-4-8-26-20(15)25;1-13(22)15-6-7-17(27-10-9-24-14(12-27)11-21(2,3)29)26-18(15)19(28)16-5-4-8-25-20(16)23;19-17(20,21)8-10-9-29(7-6-26-10)13-4-3-12(18(22,23)24)14(28-13)15(30)11-2-1-5-27-16(11)25;;;;;;;;;;;/h5-9,13-15,28H,4,10-12H2,1-3H3,(H2,26,27);4-8,12-14,27H,9-11H2,1-3H3,(H2,25,26);4-8,14,24,29H,1,9-12H2,2-3H3,(H2,23,25);1-5,10,26H,6-9H2,(H2,25,27);11*1H/t14-,15-;13-,14+;;;;;;;;;;;;;/m01............./s1. The molecule has 0 radical (unpaired) electrons. The fraction of sp³-hybridized carbons (Fsp3) is 0.439. The molecule has 12 heterocycles. The molecule has 0 spiro atoms. The number of nitrogens with two attached hydrogens (primary N) is 4. The van der Waals surface area contributed by atoms with Crippen molar-refractivity contribution in [3.05, 3.63) is 196 Å². The Labute approximate surface area is 722 Å². The second kappa shape index (κ2) is 41.0. The number of aliphatic hydroxyl groups is 1. The van der Waals surface area contributed by atoms with E-state index in [9.17, 15) is 81.4 Å². The molecule has 4 aliphatic rings. The van der Waals surface area contributed by atoms with Crippen LogP contribution in [0.2, 0.25) is 0 Å². The third kappa shape index (κ3) is 26.3. The van der Waals surface area contributed by atoms with Gasteiger partial charge >= 0.3 is 24.7 Å². The number of ketones is 4. The summed E-state index contributed by atoms with van der Waals surface area (Å²) in [4.78, 5) is 91.0. The summed E-state index contributed by atoms with van der Waals surface area (Å²) in [5, 5.41) is 23.3. The van der Waals surface area contributed by atoms with Crippen LogP contribution < -0.4 is 63.8 Å². The molecule has 2 unspecified atom stereocenters. The summed E-state index contributed by atoms with van der Waals surface area (Å²) in [5.74, 6) is -2.37. The molecule has 4 fully saturated rings. The van der Waals surface area contributed by atoms with Crippen LogP contribution in [0.25, 0.3) is 5.83 Å². The van der Waals surface area contributed by atoms with Crippen molar-refractivity contribution in [2.24, 2.45) is 11.8 Å². The van der Waals surface area contributed by atoms with Crippen molar-refractivity contribution >= 4 is 99.5 Å². The Morgan fingerprint density at radius 1 is 0.463 bits per heavy atom. The minimum absolute atomic E-state index is 0.